The Balaban J connectivity index is 1.87. The zero-order valence-corrected chi connectivity index (χ0v) is 13.8. The van der Waals surface area contributed by atoms with Crippen molar-refractivity contribution in [1.29, 1.82) is 0 Å². The zero-order valence-electron chi connectivity index (χ0n) is 13.8. The van der Waals surface area contributed by atoms with Crippen LogP contribution < -0.4 is 15.2 Å². The lowest BCUT2D eigenvalue weighted by Gasteiger charge is -2.43. The molecule has 0 bridgehead atoms. The van der Waals surface area contributed by atoms with E-state index in [-0.39, 0.29) is 11.5 Å². The Morgan fingerprint density at radius 3 is 2.55 bits per heavy atom. The molecular formula is C18H28N2O2. The van der Waals surface area contributed by atoms with Crippen molar-refractivity contribution in [3.05, 3.63) is 23.8 Å². The number of methoxy groups -OCH3 is 1. The number of hydrogen-bond donors (Lipinski definition) is 1. The molecule has 1 aliphatic heterocycles. The number of ether oxygens (including phenoxy) is 2. The monoisotopic (exact) mass is 304 g/mol. The highest BCUT2D eigenvalue weighted by atomic mass is 16.5. The molecule has 1 aromatic rings. The van der Waals surface area contributed by atoms with Crippen LogP contribution in [0.4, 0.5) is 0 Å². The van der Waals surface area contributed by atoms with E-state index in [1.807, 2.05) is 6.07 Å². The van der Waals surface area contributed by atoms with Crippen LogP contribution in [0.2, 0.25) is 0 Å². The molecule has 1 saturated heterocycles. The predicted molar refractivity (Wildman–Crippen MR) is 88.7 cm³/mol. The van der Waals surface area contributed by atoms with Crippen molar-refractivity contribution in [2.45, 2.75) is 43.6 Å². The van der Waals surface area contributed by atoms with E-state index in [1.165, 1.54) is 12.0 Å². The van der Waals surface area contributed by atoms with Gasteiger partial charge in [0.1, 0.15) is 6.10 Å². The van der Waals surface area contributed by atoms with Crippen molar-refractivity contribution in [2.24, 2.45) is 5.73 Å². The number of nitrogens with zero attached hydrogens (tertiary/aromatic N) is 1. The highest BCUT2D eigenvalue weighted by molar-refractivity contribution is 5.51. The summed E-state index contributed by atoms with van der Waals surface area (Å²) in [7, 11) is 3.89. The van der Waals surface area contributed by atoms with Gasteiger partial charge in [0, 0.05) is 30.6 Å². The van der Waals surface area contributed by atoms with Crippen molar-refractivity contribution in [3.63, 3.8) is 0 Å². The van der Waals surface area contributed by atoms with Gasteiger partial charge in [0.25, 0.3) is 0 Å². The first-order valence-corrected chi connectivity index (χ1v) is 8.41. The smallest absolute Gasteiger partial charge is 0.165 e. The van der Waals surface area contributed by atoms with E-state index >= 15 is 0 Å². The molecule has 0 atom stereocenters. The molecule has 2 aliphatic rings. The lowest BCUT2D eigenvalue weighted by atomic mass is 9.64. The predicted octanol–water partition coefficient (Wildman–Crippen LogP) is 2.55. The molecule has 122 valence electrons. The number of benzene rings is 1. The quantitative estimate of drug-likeness (QED) is 0.908. The van der Waals surface area contributed by atoms with Gasteiger partial charge in [-0.2, -0.15) is 0 Å². The largest absolute Gasteiger partial charge is 0.493 e. The number of hydrogen-bond acceptors (Lipinski definition) is 4. The molecule has 22 heavy (non-hydrogen) atoms. The normalized spacial score (nSPS) is 22.1. The van der Waals surface area contributed by atoms with Crippen LogP contribution in [0.3, 0.4) is 0 Å². The Bertz CT molecular complexity index is 500. The molecule has 2 N–H and O–H groups in total. The molecule has 4 nitrogen and oxygen atoms in total. The maximum atomic E-state index is 6.43. The highest BCUT2D eigenvalue weighted by Crippen LogP contribution is 2.49. The second kappa shape index (κ2) is 6.47. The Labute approximate surface area is 133 Å². The zero-order chi connectivity index (χ0) is 15.6. The van der Waals surface area contributed by atoms with Crippen molar-refractivity contribution in [2.75, 3.05) is 33.8 Å². The molecule has 1 aliphatic carbocycles. The van der Waals surface area contributed by atoms with Crippen molar-refractivity contribution >= 4 is 0 Å². The summed E-state index contributed by atoms with van der Waals surface area (Å²) < 4.78 is 12.0. The van der Waals surface area contributed by atoms with E-state index in [0.717, 1.165) is 50.3 Å². The fraction of sp³-hybridized carbons (Fsp3) is 0.667. The van der Waals surface area contributed by atoms with Crippen LogP contribution in [0.1, 0.15) is 37.7 Å². The molecule has 4 heteroatoms. The minimum Gasteiger partial charge on any atom is -0.493 e. The Kier molecular flexibility index (Phi) is 4.59. The molecule has 1 saturated carbocycles. The van der Waals surface area contributed by atoms with Crippen LogP contribution in [0.15, 0.2) is 18.2 Å². The van der Waals surface area contributed by atoms with Gasteiger partial charge in [-0.1, -0.05) is 18.6 Å². The topological polar surface area (TPSA) is 47.7 Å². The van der Waals surface area contributed by atoms with Gasteiger partial charge < -0.3 is 20.1 Å². The second-order valence-corrected chi connectivity index (χ2v) is 6.80. The Morgan fingerprint density at radius 2 is 2.00 bits per heavy atom. The van der Waals surface area contributed by atoms with Crippen molar-refractivity contribution in [3.8, 4) is 11.5 Å². The van der Waals surface area contributed by atoms with E-state index in [4.69, 9.17) is 15.2 Å². The average molecular weight is 304 g/mol. The third-order valence-electron chi connectivity index (χ3n) is 5.42. The minimum absolute atomic E-state index is 0.0926. The Hall–Kier alpha value is -1.26. The van der Waals surface area contributed by atoms with Crippen LogP contribution in [0.5, 0.6) is 11.5 Å². The summed E-state index contributed by atoms with van der Waals surface area (Å²) in [6, 6.07) is 6.24. The molecule has 2 fully saturated rings. The molecule has 1 heterocycles. The number of para-hydroxylation sites is 1. The third kappa shape index (κ3) is 2.82. The molecule has 3 rings (SSSR count). The van der Waals surface area contributed by atoms with Crippen LogP contribution in [-0.2, 0) is 5.41 Å². The Morgan fingerprint density at radius 1 is 1.27 bits per heavy atom. The van der Waals surface area contributed by atoms with E-state index in [2.05, 4.69) is 24.1 Å². The summed E-state index contributed by atoms with van der Waals surface area (Å²) in [6.07, 6.45) is 5.98. The van der Waals surface area contributed by atoms with Crippen LogP contribution in [-0.4, -0.2) is 44.8 Å². The van der Waals surface area contributed by atoms with Crippen LogP contribution >= 0.6 is 0 Å². The molecule has 0 aromatic heterocycles. The summed E-state index contributed by atoms with van der Waals surface area (Å²) in [6.45, 7) is 2.87. The first-order valence-electron chi connectivity index (χ1n) is 8.41. The minimum atomic E-state index is 0.0926. The fourth-order valence-electron chi connectivity index (χ4n) is 3.67. The molecule has 1 aromatic carbocycles. The molecule has 0 amide bonds. The molecule has 0 spiro atoms. The summed E-state index contributed by atoms with van der Waals surface area (Å²) in [4.78, 5) is 2.36. The standard InChI is InChI=1S/C18H28N2O2/c1-20-11-7-14(8-12-20)22-17-15(5-3-6-16(17)21-2)18(13-19)9-4-10-18/h3,5-6,14H,4,7-13,19H2,1-2H3. The maximum absolute atomic E-state index is 6.43. The van der Waals surface area contributed by atoms with Gasteiger partial charge in [-0.25, -0.2) is 0 Å². The van der Waals surface area contributed by atoms with Gasteiger partial charge in [0.05, 0.1) is 7.11 Å². The summed E-state index contributed by atoms with van der Waals surface area (Å²) in [5.74, 6) is 1.78. The SMILES string of the molecule is COc1cccc(C2(CN)CCC2)c1OC1CCN(C)CC1. The summed E-state index contributed by atoms with van der Waals surface area (Å²) in [5, 5.41) is 0. The molecule has 0 radical (unpaired) electrons. The first kappa shape index (κ1) is 15.6. The van der Waals surface area contributed by atoms with E-state index in [1.54, 1.807) is 7.11 Å². The van der Waals surface area contributed by atoms with E-state index in [0.29, 0.717) is 6.54 Å². The third-order valence-corrected chi connectivity index (χ3v) is 5.42. The van der Waals surface area contributed by atoms with Crippen molar-refractivity contribution in [1.82, 2.24) is 4.90 Å². The maximum Gasteiger partial charge on any atom is 0.165 e. The summed E-state index contributed by atoms with van der Waals surface area (Å²) in [5.41, 5.74) is 7.45. The summed E-state index contributed by atoms with van der Waals surface area (Å²) >= 11 is 0. The van der Waals surface area contributed by atoms with E-state index < -0.39 is 0 Å². The molecular weight excluding hydrogens is 276 g/mol. The van der Waals surface area contributed by atoms with Crippen LogP contribution in [0, 0.1) is 0 Å². The van der Waals surface area contributed by atoms with E-state index in [9.17, 15) is 0 Å². The number of likely N-dealkylation sites (tertiary alicyclic amines) is 1. The lowest BCUT2D eigenvalue weighted by molar-refractivity contribution is 0.106. The molecule has 0 unspecified atom stereocenters. The number of piperidine rings is 1. The fourth-order valence-corrected chi connectivity index (χ4v) is 3.67. The van der Waals surface area contributed by atoms with Crippen molar-refractivity contribution < 1.29 is 9.47 Å². The van der Waals surface area contributed by atoms with Gasteiger partial charge in [0.2, 0.25) is 0 Å². The van der Waals surface area contributed by atoms with Gasteiger partial charge >= 0.3 is 0 Å². The highest BCUT2D eigenvalue weighted by Gasteiger charge is 2.40. The second-order valence-electron chi connectivity index (χ2n) is 6.80. The van der Waals surface area contributed by atoms with Gasteiger partial charge in [-0.15, -0.1) is 0 Å². The van der Waals surface area contributed by atoms with Crippen LogP contribution in [0.25, 0.3) is 0 Å². The van der Waals surface area contributed by atoms with Gasteiger partial charge in [0.15, 0.2) is 11.5 Å². The lowest BCUT2D eigenvalue weighted by Crippen LogP contribution is -2.42. The van der Waals surface area contributed by atoms with Gasteiger partial charge in [-0.05, 0) is 38.8 Å². The average Bonchev–Trinajstić information content (AvgIpc) is 2.50. The van der Waals surface area contributed by atoms with Gasteiger partial charge in [-0.3, -0.25) is 0 Å². The first-order chi connectivity index (χ1) is 10.7. The number of rotatable bonds is 5. The number of nitrogens with two attached hydrogens (primary N) is 1.